The first-order valence-corrected chi connectivity index (χ1v) is 5.64. The third-order valence-electron chi connectivity index (χ3n) is 3.14. The molecule has 86 valence electrons. The third kappa shape index (κ3) is 1.46. The topological polar surface area (TPSA) is 31.2 Å². The molecule has 2 aromatic rings. The Hall–Kier alpha value is -2.03. The van der Waals surface area contributed by atoms with Gasteiger partial charge in [0.2, 0.25) is 0 Å². The van der Waals surface area contributed by atoms with Crippen LogP contribution < -0.4 is 0 Å². The van der Waals surface area contributed by atoms with Gasteiger partial charge in [-0.3, -0.25) is 0 Å². The van der Waals surface area contributed by atoms with Gasteiger partial charge in [0.05, 0.1) is 11.3 Å². The molecule has 0 bridgehead atoms. The predicted molar refractivity (Wildman–Crippen MR) is 66.5 cm³/mol. The Morgan fingerprint density at radius 2 is 2.06 bits per heavy atom. The van der Waals surface area contributed by atoms with E-state index in [0.29, 0.717) is 5.57 Å². The highest BCUT2D eigenvalue weighted by atomic mass is 16.5. The molecule has 0 spiro atoms. The highest BCUT2D eigenvalue weighted by Crippen LogP contribution is 2.28. The van der Waals surface area contributed by atoms with Crippen LogP contribution >= 0.6 is 0 Å². The van der Waals surface area contributed by atoms with E-state index in [1.165, 1.54) is 0 Å². The van der Waals surface area contributed by atoms with Crippen molar-refractivity contribution in [2.45, 2.75) is 13.0 Å². The van der Waals surface area contributed by atoms with Crippen LogP contribution in [-0.2, 0) is 16.6 Å². The summed E-state index contributed by atoms with van der Waals surface area (Å²) in [5.74, 6) is -0.233. The Bertz CT molecular complexity index is 637. The van der Waals surface area contributed by atoms with Gasteiger partial charge in [-0.15, -0.1) is 0 Å². The molecule has 2 heterocycles. The van der Waals surface area contributed by atoms with Crippen molar-refractivity contribution < 1.29 is 9.53 Å². The van der Waals surface area contributed by atoms with Crippen LogP contribution in [-0.4, -0.2) is 16.6 Å². The summed E-state index contributed by atoms with van der Waals surface area (Å²) >= 11 is 0. The minimum Gasteiger partial charge on any atom is -0.455 e. The maximum absolute atomic E-state index is 11.7. The lowest BCUT2D eigenvalue weighted by molar-refractivity contribution is -0.137. The molecule has 1 aliphatic rings. The number of esters is 1. The number of carbonyl (C=O) groups excluding carboxylic acids is 1. The van der Waals surface area contributed by atoms with Crippen LogP contribution in [0.25, 0.3) is 16.5 Å². The standard InChI is InChI=1S/C14H13NO2/c1-9-7-11(14(16)17-9)13-8-10-5-3-4-6-12(10)15(13)2/h3-9H,1-2H3. The van der Waals surface area contributed by atoms with Crippen LogP contribution in [0.1, 0.15) is 12.6 Å². The minimum absolute atomic E-state index is 0.129. The quantitative estimate of drug-likeness (QED) is 0.701. The predicted octanol–water partition coefficient (Wildman–Crippen LogP) is 2.51. The molecule has 3 rings (SSSR count). The zero-order chi connectivity index (χ0) is 12.0. The van der Waals surface area contributed by atoms with E-state index >= 15 is 0 Å². The van der Waals surface area contributed by atoms with Crippen molar-refractivity contribution in [2.75, 3.05) is 0 Å². The van der Waals surface area contributed by atoms with Crippen molar-refractivity contribution in [3.05, 3.63) is 42.1 Å². The lowest BCUT2D eigenvalue weighted by Gasteiger charge is -2.02. The zero-order valence-corrected chi connectivity index (χ0v) is 9.81. The van der Waals surface area contributed by atoms with Gasteiger partial charge in [0.25, 0.3) is 0 Å². The molecule has 0 N–H and O–H groups in total. The van der Waals surface area contributed by atoms with Gasteiger partial charge in [-0.1, -0.05) is 18.2 Å². The van der Waals surface area contributed by atoms with Gasteiger partial charge >= 0.3 is 5.97 Å². The van der Waals surface area contributed by atoms with Crippen molar-refractivity contribution in [2.24, 2.45) is 7.05 Å². The normalized spacial score (nSPS) is 19.5. The molecule has 17 heavy (non-hydrogen) atoms. The number of aromatic nitrogens is 1. The Labute approximate surface area is 99.3 Å². The maximum Gasteiger partial charge on any atom is 0.340 e. The molecule has 1 aromatic carbocycles. The lowest BCUT2D eigenvalue weighted by atomic mass is 10.1. The molecule has 1 atom stereocenters. The van der Waals surface area contributed by atoms with Crippen LogP contribution in [0.2, 0.25) is 0 Å². The maximum atomic E-state index is 11.7. The van der Waals surface area contributed by atoms with E-state index in [2.05, 4.69) is 0 Å². The highest BCUT2D eigenvalue weighted by Gasteiger charge is 2.25. The van der Waals surface area contributed by atoms with E-state index in [1.807, 2.05) is 54.9 Å². The number of cyclic esters (lactones) is 1. The first kappa shape index (κ1) is 10.1. The summed E-state index contributed by atoms with van der Waals surface area (Å²) in [6, 6.07) is 10.1. The number of nitrogens with zero attached hydrogens (tertiary/aromatic N) is 1. The fourth-order valence-electron chi connectivity index (χ4n) is 2.31. The smallest absolute Gasteiger partial charge is 0.340 e. The van der Waals surface area contributed by atoms with Crippen molar-refractivity contribution >= 4 is 22.4 Å². The van der Waals surface area contributed by atoms with Crippen LogP contribution in [0.3, 0.4) is 0 Å². The number of ether oxygens (including phenoxy) is 1. The average Bonchev–Trinajstić information content (AvgIpc) is 2.80. The summed E-state index contributed by atoms with van der Waals surface area (Å²) in [6.45, 7) is 1.87. The highest BCUT2D eigenvalue weighted by molar-refractivity contribution is 6.18. The molecule has 0 saturated heterocycles. The largest absolute Gasteiger partial charge is 0.455 e. The second-order valence-corrected chi connectivity index (χ2v) is 4.34. The van der Waals surface area contributed by atoms with Gasteiger partial charge in [-0.05, 0) is 25.1 Å². The van der Waals surface area contributed by atoms with Gasteiger partial charge in [-0.2, -0.15) is 0 Å². The van der Waals surface area contributed by atoms with Crippen LogP contribution in [0.15, 0.2) is 36.4 Å². The number of carbonyl (C=O) groups is 1. The Balaban J connectivity index is 2.22. The van der Waals surface area contributed by atoms with Crippen molar-refractivity contribution in [1.29, 1.82) is 0 Å². The summed E-state index contributed by atoms with van der Waals surface area (Å²) < 4.78 is 7.16. The molecular weight excluding hydrogens is 214 g/mol. The average molecular weight is 227 g/mol. The van der Waals surface area contributed by atoms with E-state index in [1.54, 1.807) is 0 Å². The van der Waals surface area contributed by atoms with E-state index in [4.69, 9.17) is 4.74 Å². The Morgan fingerprint density at radius 1 is 1.29 bits per heavy atom. The molecule has 1 aromatic heterocycles. The molecule has 0 radical (unpaired) electrons. The number of benzene rings is 1. The van der Waals surface area contributed by atoms with Crippen LogP contribution in [0.5, 0.6) is 0 Å². The van der Waals surface area contributed by atoms with Gasteiger partial charge in [0.1, 0.15) is 6.10 Å². The van der Waals surface area contributed by atoms with E-state index in [0.717, 1.165) is 16.6 Å². The Kier molecular flexibility index (Phi) is 2.08. The molecule has 0 amide bonds. The molecular formula is C14H13NO2. The molecule has 1 unspecified atom stereocenters. The lowest BCUT2D eigenvalue weighted by Crippen LogP contribution is -2.05. The number of rotatable bonds is 1. The third-order valence-corrected chi connectivity index (χ3v) is 3.14. The first-order chi connectivity index (χ1) is 8.16. The van der Waals surface area contributed by atoms with Crippen molar-refractivity contribution in [3.63, 3.8) is 0 Å². The number of aryl methyl sites for hydroxylation is 1. The van der Waals surface area contributed by atoms with Crippen LogP contribution in [0, 0.1) is 0 Å². The summed E-state index contributed by atoms with van der Waals surface area (Å²) in [4.78, 5) is 11.7. The second kappa shape index (κ2) is 3.48. The molecule has 0 fully saturated rings. The van der Waals surface area contributed by atoms with Gasteiger partial charge in [0, 0.05) is 18.0 Å². The molecule has 3 heteroatoms. The van der Waals surface area contributed by atoms with Crippen molar-refractivity contribution in [3.8, 4) is 0 Å². The zero-order valence-electron chi connectivity index (χ0n) is 9.81. The fraction of sp³-hybridized carbons (Fsp3) is 0.214. The summed E-state index contributed by atoms with van der Waals surface area (Å²) in [6.07, 6.45) is 1.74. The molecule has 0 saturated carbocycles. The number of fused-ring (bicyclic) bond motifs is 1. The van der Waals surface area contributed by atoms with E-state index in [9.17, 15) is 4.79 Å². The SMILES string of the molecule is CC1C=C(c2cc3ccccc3n2C)C(=O)O1. The number of hydrogen-bond acceptors (Lipinski definition) is 2. The number of hydrogen-bond donors (Lipinski definition) is 0. The number of para-hydroxylation sites is 1. The monoisotopic (exact) mass is 227 g/mol. The van der Waals surface area contributed by atoms with Crippen molar-refractivity contribution in [1.82, 2.24) is 4.57 Å². The first-order valence-electron chi connectivity index (χ1n) is 5.64. The molecule has 0 aliphatic carbocycles. The fourth-order valence-corrected chi connectivity index (χ4v) is 2.31. The summed E-state index contributed by atoms with van der Waals surface area (Å²) in [5.41, 5.74) is 2.70. The molecule has 3 nitrogen and oxygen atoms in total. The van der Waals surface area contributed by atoms with Gasteiger partial charge in [0.15, 0.2) is 0 Å². The second-order valence-electron chi connectivity index (χ2n) is 4.34. The summed E-state index contributed by atoms with van der Waals surface area (Å²) in [7, 11) is 1.97. The molecule has 1 aliphatic heterocycles. The minimum atomic E-state index is -0.233. The Morgan fingerprint density at radius 3 is 2.71 bits per heavy atom. The van der Waals surface area contributed by atoms with Crippen LogP contribution in [0.4, 0.5) is 0 Å². The van der Waals surface area contributed by atoms with E-state index in [-0.39, 0.29) is 12.1 Å². The van der Waals surface area contributed by atoms with Gasteiger partial charge < -0.3 is 9.30 Å². The van der Waals surface area contributed by atoms with Gasteiger partial charge in [-0.25, -0.2) is 4.79 Å². The van der Waals surface area contributed by atoms with E-state index < -0.39 is 0 Å². The summed E-state index contributed by atoms with van der Waals surface area (Å²) in [5, 5.41) is 1.14.